The number of aliphatic hydroxyl groups is 1. The highest BCUT2D eigenvalue weighted by molar-refractivity contribution is 7.89. The van der Waals surface area contributed by atoms with Gasteiger partial charge in [0.1, 0.15) is 0 Å². The standard InChI is InChI=1S/C11H25NO4S/c1-10(2)8-11(3,13)9-12-17(14,15)7-5-6-16-4/h10,12-13H,5-9H2,1-4H3. The highest BCUT2D eigenvalue weighted by Gasteiger charge is 2.24. The van der Waals surface area contributed by atoms with Gasteiger partial charge in [-0.25, -0.2) is 13.1 Å². The zero-order chi connectivity index (χ0) is 13.5. The fraction of sp³-hybridized carbons (Fsp3) is 1.00. The molecule has 104 valence electrons. The van der Waals surface area contributed by atoms with Crippen molar-refractivity contribution < 1.29 is 18.3 Å². The SMILES string of the molecule is COCCCS(=O)(=O)NCC(C)(O)CC(C)C. The molecule has 0 heterocycles. The van der Waals surface area contributed by atoms with Crippen molar-refractivity contribution in [3.8, 4) is 0 Å². The molecule has 2 N–H and O–H groups in total. The molecule has 0 spiro atoms. The minimum absolute atomic E-state index is 0.0264. The van der Waals surface area contributed by atoms with Gasteiger partial charge < -0.3 is 9.84 Å². The first-order valence-corrected chi connectivity index (χ1v) is 7.52. The van der Waals surface area contributed by atoms with Crippen molar-refractivity contribution in [2.45, 2.75) is 39.2 Å². The summed E-state index contributed by atoms with van der Waals surface area (Å²) in [6.45, 7) is 6.09. The predicted octanol–water partition coefficient (Wildman–Crippen LogP) is 0.739. The van der Waals surface area contributed by atoms with E-state index in [1.54, 1.807) is 6.92 Å². The second kappa shape index (κ2) is 7.31. The number of hydrogen-bond acceptors (Lipinski definition) is 4. The van der Waals surface area contributed by atoms with E-state index in [0.29, 0.717) is 25.4 Å². The quantitative estimate of drug-likeness (QED) is 0.604. The van der Waals surface area contributed by atoms with Gasteiger partial charge in [-0.2, -0.15) is 0 Å². The molecule has 0 saturated carbocycles. The zero-order valence-corrected chi connectivity index (χ0v) is 12.0. The van der Waals surface area contributed by atoms with Gasteiger partial charge in [0.25, 0.3) is 0 Å². The van der Waals surface area contributed by atoms with Crippen molar-refractivity contribution in [2.75, 3.05) is 26.0 Å². The van der Waals surface area contributed by atoms with E-state index in [1.165, 1.54) is 7.11 Å². The number of hydrogen-bond donors (Lipinski definition) is 2. The molecule has 6 heteroatoms. The van der Waals surface area contributed by atoms with Crippen LogP contribution in [0.25, 0.3) is 0 Å². The lowest BCUT2D eigenvalue weighted by atomic mass is 9.95. The van der Waals surface area contributed by atoms with Crippen molar-refractivity contribution in [1.82, 2.24) is 4.72 Å². The third-order valence-electron chi connectivity index (χ3n) is 2.28. The first-order chi connectivity index (χ1) is 7.68. The summed E-state index contributed by atoms with van der Waals surface area (Å²) in [6.07, 6.45) is 1.02. The van der Waals surface area contributed by atoms with Crippen molar-refractivity contribution in [1.29, 1.82) is 0 Å². The Morgan fingerprint density at radius 2 is 2.00 bits per heavy atom. The highest BCUT2D eigenvalue weighted by Crippen LogP contribution is 2.15. The molecule has 0 saturated heterocycles. The smallest absolute Gasteiger partial charge is 0.211 e. The maximum Gasteiger partial charge on any atom is 0.211 e. The van der Waals surface area contributed by atoms with Gasteiger partial charge in [0.2, 0.25) is 10.0 Å². The molecule has 5 nitrogen and oxygen atoms in total. The fourth-order valence-corrected chi connectivity index (χ4v) is 2.86. The van der Waals surface area contributed by atoms with Gasteiger partial charge in [0.15, 0.2) is 0 Å². The summed E-state index contributed by atoms with van der Waals surface area (Å²) in [4.78, 5) is 0. The summed E-state index contributed by atoms with van der Waals surface area (Å²) in [6, 6.07) is 0. The normalized spacial score (nSPS) is 16.1. The van der Waals surface area contributed by atoms with E-state index in [9.17, 15) is 13.5 Å². The lowest BCUT2D eigenvalue weighted by molar-refractivity contribution is 0.0436. The summed E-state index contributed by atoms with van der Waals surface area (Å²) in [5.74, 6) is 0.349. The maximum absolute atomic E-state index is 11.6. The van der Waals surface area contributed by atoms with Crippen LogP contribution in [0.2, 0.25) is 0 Å². The van der Waals surface area contributed by atoms with E-state index in [-0.39, 0.29) is 12.3 Å². The Bertz CT molecular complexity index is 299. The van der Waals surface area contributed by atoms with E-state index in [2.05, 4.69) is 4.72 Å². The average molecular weight is 267 g/mol. The third kappa shape index (κ3) is 9.52. The van der Waals surface area contributed by atoms with Crippen LogP contribution in [-0.4, -0.2) is 45.1 Å². The van der Waals surface area contributed by atoms with Crippen molar-refractivity contribution in [2.24, 2.45) is 5.92 Å². The van der Waals surface area contributed by atoms with Crippen LogP contribution in [0.15, 0.2) is 0 Å². The molecule has 0 fully saturated rings. The number of rotatable bonds is 9. The van der Waals surface area contributed by atoms with Crippen LogP contribution in [0.4, 0.5) is 0 Å². The molecule has 0 aromatic rings. The first-order valence-electron chi connectivity index (χ1n) is 5.87. The van der Waals surface area contributed by atoms with Crippen LogP contribution < -0.4 is 4.72 Å². The Hall–Kier alpha value is -0.170. The van der Waals surface area contributed by atoms with Crippen molar-refractivity contribution in [3.05, 3.63) is 0 Å². The summed E-state index contributed by atoms with van der Waals surface area (Å²) >= 11 is 0. The summed E-state index contributed by atoms with van der Waals surface area (Å²) in [5, 5.41) is 9.97. The Labute approximate surface area is 105 Å². The molecule has 0 aromatic carbocycles. The Morgan fingerprint density at radius 3 is 2.47 bits per heavy atom. The number of ether oxygens (including phenoxy) is 1. The molecule has 0 aromatic heterocycles. The molecule has 0 aliphatic heterocycles. The minimum Gasteiger partial charge on any atom is -0.389 e. The molecule has 0 amide bonds. The van der Waals surface area contributed by atoms with Crippen LogP contribution in [0.5, 0.6) is 0 Å². The summed E-state index contributed by atoms with van der Waals surface area (Å²) in [5.41, 5.74) is -0.998. The van der Waals surface area contributed by atoms with E-state index in [1.807, 2.05) is 13.8 Å². The molecular formula is C11H25NO4S. The van der Waals surface area contributed by atoms with Crippen LogP contribution >= 0.6 is 0 Å². The van der Waals surface area contributed by atoms with Crippen LogP contribution in [0, 0.1) is 5.92 Å². The monoisotopic (exact) mass is 267 g/mol. The molecule has 0 radical (unpaired) electrons. The summed E-state index contributed by atoms with van der Waals surface area (Å²) in [7, 11) is -1.78. The minimum atomic E-state index is -3.31. The number of nitrogens with one attached hydrogen (secondary N) is 1. The molecule has 1 atom stereocenters. The molecule has 0 rings (SSSR count). The average Bonchev–Trinajstić information content (AvgIpc) is 2.14. The van der Waals surface area contributed by atoms with Gasteiger partial charge >= 0.3 is 0 Å². The Morgan fingerprint density at radius 1 is 1.41 bits per heavy atom. The molecule has 0 aliphatic carbocycles. The molecular weight excluding hydrogens is 242 g/mol. The van der Waals surface area contributed by atoms with E-state index < -0.39 is 15.6 Å². The highest BCUT2D eigenvalue weighted by atomic mass is 32.2. The van der Waals surface area contributed by atoms with Crippen LogP contribution in [-0.2, 0) is 14.8 Å². The maximum atomic E-state index is 11.6. The Kier molecular flexibility index (Phi) is 7.23. The lowest BCUT2D eigenvalue weighted by Crippen LogP contribution is -2.42. The Balaban J connectivity index is 4.08. The van der Waals surface area contributed by atoms with Gasteiger partial charge in [-0.15, -0.1) is 0 Å². The largest absolute Gasteiger partial charge is 0.389 e. The van der Waals surface area contributed by atoms with Crippen molar-refractivity contribution >= 4 is 10.0 Å². The predicted molar refractivity (Wildman–Crippen MR) is 68.4 cm³/mol. The van der Waals surface area contributed by atoms with Gasteiger partial charge in [0, 0.05) is 20.3 Å². The van der Waals surface area contributed by atoms with E-state index in [4.69, 9.17) is 4.74 Å². The first kappa shape index (κ1) is 16.8. The van der Waals surface area contributed by atoms with Crippen LogP contribution in [0.3, 0.4) is 0 Å². The number of methoxy groups -OCH3 is 1. The van der Waals surface area contributed by atoms with Gasteiger partial charge in [-0.05, 0) is 25.7 Å². The second-order valence-electron chi connectivity index (χ2n) is 5.08. The molecule has 0 aliphatic rings. The topological polar surface area (TPSA) is 75.6 Å². The van der Waals surface area contributed by atoms with Gasteiger partial charge in [0.05, 0.1) is 11.4 Å². The van der Waals surface area contributed by atoms with Gasteiger partial charge in [-0.3, -0.25) is 0 Å². The lowest BCUT2D eigenvalue weighted by Gasteiger charge is -2.25. The zero-order valence-electron chi connectivity index (χ0n) is 11.2. The van der Waals surface area contributed by atoms with Crippen molar-refractivity contribution in [3.63, 3.8) is 0 Å². The van der Waals surface area contributed by atoms with E-state index >= 15 is 0 Å². The second-order valence-corrected chi connectivity index (χ2v) is 7.01. The fourth-order valence-electron chi connectivity index (χ4n) is 1.68. The third-order valence-corrected chi connectivity index (χ3v) is 3.69. The van der Waals surface area contributed by atoms with E-state index in [0.717, 1.165) is 0 Å². The number of sulfonamides is 1. The molecule has 0 bridgehead atoms. The van der Waals surface area contributed by atoms with Gasteiger partial charge in [-0.1, -0.05) is 13.8 Å². The summed E-state index contributed by atoms with van der Waals surface area (Å²) < 4.78 is 30.3. The van der Waals surface area contributed by atoms with Crippen LogP contribution in [0.1, 0.15) is 33.6 Å². The molecule has 17 heavy (non-hydrogen) atoms. The molecule has 1 unspecified atom stereocenters.